The van der Waals surface area contributed by atoms with Crippen LogP contribution >= 0.6 is 15.9 Å². The Morgan fingerprint density at radius 2 is 1.53 bits per heavy atom. The highest BCUT2D eigenvalue weighted by molar-refractivity contribution is 9.10. The Hall–Kier alpha value is -3.27. The molecule has 0 aliphatic heterocycles. The van der Waals surface area contributed by atoms with Gasteiger partial charge < -0.3 is 14.0 Å². The molecule has 3 rings (SSSR count). The van der Waals surface area contributed by atoms with E-state index >= 15 is 0 Å². The Balaban J connectivity index is 2.10. The van der Waals surface area contributed by atoms with E-state index in [1.807, 2.05) is 31.2 Å². The summed E-state index contributed by atoms with van der Waals surface area (Å²) in [4.78, 5) is 35.6. The number of hydrogen-bond donors (Lipinski definition) is 0. The van der Waals surface area contributed by atoms with Crippen molar-refractivity contribution < 1.29 is 23.6 Å². The van der Waals surface area contributed by atoms with E-state index in [1.54, 1.807) is 47.6 Å². The number of carbonyl (C=O) groups is 2. The van der Waals surface area contributed by atoms with Crippen molar-refractivity contribution in [3.63, 3.8) is 0 Å². The fraction of sp³-hybridized carbons (Fsp3) is 0.375. The van der Waals surface area contributed by atoms with Gasteiger partial charge >= 0.3 is 12.2 Å². The quantitative estimate of drug-likeness (QED) is 0.375. The van der Waals surface area contributed by atoms with Crippen LogP contribution in [-0.2, 0) is 9.47 Å². The van der Waals surface area contributed by atoms with Crippen molar-refractivity contribution in [3.05, 3.63) is 46.7 Å². The normalized spacial score (nSPS) is 11.8. The molecule has 0 fully saturated rings. The molecule has 0 saturated heterocycles. The number of ether oxygens (including phenoxy) is 2. The van der Waals surface area contributed by atoms with E-state index in [0.29, 0.717) is 15.2 Å². The number of benzene rings is 1. The van der Waals surface area contributed by atoms with E-state index in [2.05, 4.69) is 31.1 Å². The van der Waals surface area contributed by atoms with Gasteiger partial charge in [-0.3, -0.25) is 0 Å². The third-order valence-electron chi connectivity index (χ3n) is 4.18. The smallest absolute Gasteiger partial charge is 0.425 e. The molecule has 10 heteroatoms. The Bertz CT molecular complexity index is 1170. The van der Waals surface area contributed by atoms with Gasteiger partial charge in [0.25, 0.3) is 0 Å². The minimum atomic E-state index is -0.960. The standard InChI is InChI=1S/C24H27BrN4O5/c1-14-8-10-15(11-9-14)16-12-17(34-28-16)19-20(26-13-18(25)27-19)29(21(30)32-23(2,3)4)22(31)33-24(5,6)7/h8-13H,1-7H3. The molecule has 2 amide bonds. The number of carbonyl (C=O) groups excluding carboxylic acids is 2. The van der Waals surface area contributed by atoms with Gasteiger partial charge in [-0.1, -0.05) is 35.0 Å². The predicted octanol–water partition coefficient (Wildman–Crippen LogP) is 6.55. The number of aryl methyl sites for hydroxylation is 1. The molecule has 0 spiro atoms. The zero-order chi connectivity index (χ0) is 25.3. The number of aromatic nitrogens is 3. The molecule has 180 valence electrons. The second-order valence-corrected chi connectivity index (χ2v) is 10.4. The SMILES string of the molecule is Cc1ccc(-c2cc(-c3nc(Br)cnc3N(C(=O)OC(C)(C)C)C(=O)OC(C)(C)C)on2)cc1. The summed E-state index contributed by atoms with van der Waals surface area (Å²) >= 11 is 3.29. The van der Waals surface area contributed by atoms with Gasteiger partial charge in [-0.15, -0.1) is 0 Å². The number of imide groups is 1. The molecule has 9 nitrogen and oxygen atoms in total. The van der Waals surface area contributed by atoms with Crippen molar-refractivity contribution in [2.45, 2.75) is 59.7 Å². The van der Waals surface area contributed by atoms with Crippen LogP contribution in [0.25, 0.3) is 22.7 Å². The van der Waals surface area contributed by atoms with Crippen LogP contribution in [0.4, 0.5) is 15.4 Å². The summed E-state index contributed by atoms with van der Waals surface area (Å²) in [6, 6.07) is 9.41. The second kappa shape index (κ2) is 9.54. The highest BCUT2D eigenvalue weighted by Crippen LogP contribution is 2.33. The summed E-state index contributed by atoms with van der Waals surface area (Å²) in [6.07, 6.45) is -0.562. The molecule has 0 N–H and O–H groups in total. The maximum Gasteiger partial charge on any atom is 0.425 e. The second-order valence-electron chi connectivity index (χ2n) is 9.60. The molecule has 3 aromatic rings. The lowest BCUT2D eigenvalue weighted by atomic mass is 10.1. The molecular weight excluding hydrogens is 504 g/mol. The van der Waals surface area contributed by atoms with E-state index in [1.165, 1.54) is 6.20 Å². The number of nitrogens with zero attached hydrogens (tertiary/aromatic N) is 4. The molecule has 0 aliphatic rings. The monoisotopic (exact) mass is 530 g/mol. The fourth-order valence-corrected chi connectivity index (χ4v) is 3.08. The lowest BCUT2D eigenvalue weighted by Gasteiger charge is -2.28. The molecule has 1 aromatic carbocycles. The molecule has 0 aliphatic carbocycles. The van der Waals surface area contributed by atoms with E-state index < -0.39 is 23.4 Å². The van der Waals surface area contributed by atoms with E-state index in [0.717, 1.165) is 11.1 Å². The maximum atomic E-state index is 13.1. The van der Waals surface area contributed by atoms with E-state index in [9.17, 15) is 9.59 Å². The van der Waals surface area contributed by atoms with Crippen LogP contribution in [0.2, 0.25) is 0 Å². The van der Waals surface area contributed by atoms with Crippen LogP contribution in [0.15, 0.2) is 45.7 Å². The first-order valence-corrected chi connectivity index (χ1v) is 11.4. The first-order chi connectivity index (χ1) is 15.7. The Morgan fingerprint density at radius 1 is 0.971 bits per heavy atom. The molecule has 0 bridgehead atoms. The third-order valence-corrected chi connectivity index (χ3v) is 4.56. The third kappa shape index (κ3) is 6.40. The molecule has 2 heterocycles. The van der Waals surface area contributed by atoms with Crippen molar-refractivity contribution in [1.82, 2.24) is 15.1 Å². The lowest BCUT2D eigenvalue weighted by molar-refractivity contribution is 0.0429. The highest BCUT2D eigenvalue weighted by atomic mass is 79.9. The van der Waals surface area contributed by atoms with Gasteiger partial charge in [0.05, 0.1) is 6.20 Å². The van der Waals surface area contributed by atoms with Gasteiger partial charge in [-0.2, -0.15) is 4.90 Å². The van der Waals surface area contributed by atoms with Gasteiger partial charge in [-0.05, 0) is 64.4 Å². The van der Waals surface area contributed by atoms with Crippen molar-refractivity contribution in [2.75, 3.05) is 4.90 Å². The zero-order valence-corrected chi connectivity index (χ0v) is 21.8. The summed E-state index contributed by atoms with van der Waals surface area (Å²) in [5.74, 6) is 0.0924. The van der Waals surface area contributed by atoms with Crippen LogP contribution in [-0.4, -0.2) is 38.5 Å². The van der Waals surface area contributed by atoms with Gasteiger partial charge in [0.15, 0.2) is 17.3 Å². The van der Waals surface area contributed by atoms with Crippen LogP contribution in [0.5, 0.6) is 0 Å². The Kier molecular flexibility index (Phi) is 7.11. The molecule has 0 saturated carbocycles. The molecular formula is C24H27BrN4O5. The van der Waals surface area contributed by atoms with Crippen molar-refractivity contribution >= 4 is 33.9 Å². The van der Waals surface area contributed by atoms with Gasteiger partial charge in [0, 0.05) is 11.6 Å². The number of amides is 2. The predicted molar refractivity (Wildman–Crippen MR) is 130 cm³/mol. The number of anilines is 1. The maximum absolute atomic E-state index is 13.1. The number of halogens is 1. The molecule has 0 unspecified atom stereocenters. The van der Waals surface area contributed by atoms with Gasteiger partial charge in [-0.25, -0.2) is 19.6 Å². The minimum Gasteiger partial charge on any atom is -0.443 e. The number of rotatable bonds is 3. The summed E-state index contributed by atoms with van der Waals surface area (Å²) < 4.78 is 16.8. The summed E-state index contributed by atoms with van der Waals surface area (Å²) in [5.41, 5.74) is 0.871. The van der Waals surface area contributed by atoms with E-state index in [4.69, 9.17) is 14.0 Å². The molecule has 0 atom stereocenters. The van der Waals surface area contributed by atoms with E-state index in [-0.39, 0.29) is 17.3 Å². The van der Waals surface area contributed by atoms with Crippen LogP contribution in [0.3, 0.4) is 0 Å². The van der Waals surface area contributed by atoms with Gasteiger partial charge in [0.2, 0.25) is 0 Å². The summed E-state index contributed by atoms with van der Waals surface area (Å²) in [6.45, 7) is 12.1. The van der Waals surface area contributed by atoms with Crippen LogP contribution < -0.4 is 4.90 Å². The van der Waals surface area contributed by atoms with Crippen LogP contribution in [0.1, 0.15) is 47.1 Å². The topological polar surface area (TPSA) is 108 Å². The molecule has 2 aromatic heterocycles. The largest absolute Gasteiger partial charge is 0.443 e. The first-order valence-electron chi connectivity index (χ1n) is 10.6. The minimum absolute atomic E-state index is 0.108. The van der Waals surface area contributed by atoms with Crippen molar-refractivity contribution in [1.29, 1.82) is 0 Å². The van der Waals surface area contributed by atoms with Gasteiger partial charge in [0.1, 0.15) is 21.5 Å². The number of hydrogen-bond acceptors (Lipinski definition) is 8. The fourth-order valence-electron chi connectivity index (χ4n) is 2.80. The van der Waals surface area contributed by atoms with Crippen molar-refractivity contribution in [3.8, 4) is 22.7 Å². The summed E-state index contributed by atoms with van der Waals surface area (Å²) in [5, 5.41) is 4.12. The first kappa shape index (κ1) is 25.4. The molecule has 34 heavy (non-hydrogen) atoms. The highest BCUT2D eigenvalue weighted by Gasteiger charge is 2.36. The average molecular weight is 531 g/mol. The Morgan fingerprint density at radius 3 is 2.06 bits per heavy atom. The lowest BCUT2D eigenvalue weighted by Crippen LogP contribution is -2.44. The average Bonchev–Trinajstić information content (AvgIpc) is 3.17. The molecule has 0 radical (unpaired) electrons. The van der Waals surface area contributed by atoms with Crippen molar-refractivity contribution in [2.24, 2.45) is 0 Å². The Labute approximate surface area is 206 Å². The zero-order valence-electron chi connectivity index (χ0n) is 20.2. The summed E-state index contributed by atoms with van der Waals surface area (Å²) in [7, 11) is 0. The van der Waals surface area contributed by atoms with Crippen LogP contribution in [0, 0.1) is 6.92 Å².